The molecule has 0 nitrogen and oxygen atoms in total. The van der Waals surface area contributed by atoms with Crippen molar-refractivity contribution in [1.29, 1.82) is 0 Å². The number of hydrogen-bond acceptors (Lipinski definition) is 0. The summed E-state index contributed by atoms with van der Waals surface area (Å²) in [5.74, 6) is 2.01. The average Bonchev–Trinajstić information content (AvgIpc) is 2.18. The number of rotatable bonds is 4. The normalized spacial score (nSPS) is 28.0. The van der Waals surface area contributed by atoms with Gasteiger partial charge in [-0.3, -0.25) is 0 Å². The van der Waals surface area contributed by atoms with Gasteiger partial charge in [-0.25, -0.2) is 0 Å². The molecule has 0 spiro atoms. The van der Waals surface area contributed by atoms with E-state index in [2.05, 4.69) is 27.7 Å². The molecule has 89 valence electrons. The third-order valence-electron chi connectivity index (χ3n) is 4.18. The summed E-state index contributed by atoms with van der Waals surface area (Å²) in [6.07, 6.45) is 11.2. The summed E-state index contributed by atoms with van der Waals surface area (Å²) in [5.41, 5.74) is 0.540. The second kappa shape index (κ2) is 5.92. The van der Waals surface area contributed by atoms with Crippen LogP contribution in [0, 0.1) is 24.2 Å². The van der Waals surface area contributed by atoms with E-state index in [-0.39, 0.29) is 0 Å². The molecule has 0 aliphatic heterocycles. The smallest absolute Gasteiger partial charge is 0.0354 e. The lowest BCUT2D eigenvalue weighted by Crippen LogP contribution is -2.25. The van der Waals surface area contributed by atoms with Crippen molar-refractivity contribution >= 4 is 0 Å². The van der Waals surface area contributed by atoms with Gasteiger partial charge in [0.2, 0.25) is 0 Å². The van der Waals surface area contributed by atoms with Crippen molar-refractivity contribution in [2.75, 3.05) is 0 Å². The molecule has 15 heavy (non-hydrogen) atoms. The molecule has 1 radical (unpaired) electrons. The highest BCUT2D eigenvalue weighted by molar-refractivity contribution is 4.80. The predicted octanol–water partition coefficient (Wildman–Crippen LogP) is 5.23. The Morgan fingerprint density at radius 3 is 2.07 bits per heavy atom. The molecule has 0 heteroatoms. The van der Waals surface area contributed by atoms with Gasteiger partial charge in [0, 0.05) is 0 Å². The second-order valence-electron chi connectivity index (χ2n) is 6.43. The topological polar surface area (TPSA) is 0 Å². The molecule has 1 rings (SSSR count). The summed E-state index contributed by atoms with van der Waals surface area (Å²) in [6, 6.07) is 0. The molecule has 1 aliphatic carbocycles. The Hall–Kier alpha value is 0. The molecule has 0 heterocycles. The number of hydrogen-bond donors (Lipinski definition) is 0. The highest BCUT2D eigenvalue weighted by Crippen LogP contribution is 2.40. The summed E-state index contributed by atoms with van der Waals surface area (Å²) in [6.45, 7) is 11.1. The van der Waals surface area contributed by atoms with E-state index in [9.17, 15) is 0 Å². The highest BCUT2D eigenvalue weighted by atomic mass is 14.3. The maximum atomic E-state index is 3.91. The molecule has 0 aromatic heterocycles. The van der Waals surface area contributed by atoms with Crippen LogP contribution in [0.3, 0.4) is 0 Å². The molecule has 0 saturated heterocycles. The van der Waals surface area contributed by atoms with Gasteiger partial charge in [0.05, 0.1) is 0 Å². The van der Waals surface area contributed by atoms with Gasteiger partial charge < -0.3 is 0 Å². The fourth-order valence-corrected chi connectivity index (χ4v) is 2.93. The van der Waals surface area contributed by atoms with Gasteiger partial charge in [0.25, 0.3) is 0 Å². The molecule has 1 aliphatic rings. The van der Waals surface area contributed by atoms with Gasteiger partial charge in [-0.15, -0.1) is 0 Å². The molecular formula is C15H29. The van der Waals surface area contributed by atoms with Crippen LogP contribution in [0.25, 0.3) is 0 Å². The Morgan fingerprint density at radius 1 is 1.00 bits per heavy atom. The van der Waals surface area contributed by atoms with E-state index in [1.165, 1.54) is 44.9 Å². The van der Waals surface area contributed by atoms with Crippen LogP contribution in [0.15, 0.2) is 0 Å². The summed E-state index contributed by atoms with van der Waals surface area (Å²) in [5, 5.41) is 0. The average molecular weight is 209 g/mol. The molecule has 0 aromatic carbocycles. The van der Waals surface area contributed by atoms with Crippen LogP contribution in [0.4, 0.5) is 0 Å². The van der Waals surface area contributed by atoms with Gasteiger partial charge in [0.1, 0.15) is 0 Å². The van der Waals surface area contributed by atoms with E-state index >= 15 is 0 Å². The summed E-state index contributed by atoms with van der Waals surface area (Å²) < 4.78 is 0. The fourth-order valence-electron chi connectivity index (χ4n) is 2.93. The third-order valence-corrected chi connectivity index (χ3v) is 4.18. The van der Waals surface area contributed by atoms with Crippen LogP contribution in [0.5, 0.6) is 0 Å². The molecule has 1 saturated carbocycles. The van der Waals surface area contributed by atoms with Gasteiger partial charge in [-0.05, 0) is 30.1 Å². The first-order valence-electron chi connectivity index (χ1n) is 6.83. The lowest BCUT2D eigenvalue weighted by Gasteiger charge is -2.37. The van der Waals surface area contributed by atoms with E-state index in [0.29, 0.717) is 5.41 Å². The van der Waals surface area contributed by atoms with Crippen molar-refractivity contribution in [3.05, 3.63) is 6.92 Å². The van der Waals surface area contributed by atoms with Crippen molar-refractivity contribution in [1.82, 2.24) is 0 Å². The van der Waals surface area contributed by atoms with Crippen LogP contribution in [-0.2, 0) is 0 Å². The van der Waals surface area contributed by atoms with Crippen molar-refractivity contribution in [3.8, 4) is 0 Å². The Balaban J connectivity index is 2.18. The van der Waals surface area contributed by atoms with Crippen molar-refractivity contribution in [2.45, 2.75) is 72.1 Å². The molecule has 0 aromatic rings. The largest absolute Gasteiger partial charge is 0.0599 e. The Bertz CT molecular complexity index is 155. The Labute approximate surface area is 96.8 Å². The molecule has 0 amide bonds. The highest BCUT2D eigenvalue weighted by Gasteiger charge is 2.29. The molecule has 1 fully saturated rings. The second-order valence-corrected chi connectivity index (χ2v) is 6.43. The van der Waals surface area contributed by atoms with Crippen LogP contribution in [0.2, 0.25) is 0 Å². The Morgan fingerprint density at radius 2 is 1.60 bits per heavy atom. The van der Waals surface area contributed by atoms with Crippen molar-refractivity contribution in [3.63, 3.8) is 0 Å². The van der Waals surface area contributed by atoms with Gasteiger partial charge in [0.15, 0.2) is 0 Å². The van der Waals surface area contributed by atoms with Gasteiger partial charge in [-0.2, -0.15) is 0 Å². The monoisotopic (exact) mass is 209 g/mol. The van der Waals surface area contributed by atoms with E-state index in [4.69, 9.17) is 0 Å². The van der Waals surface area contributed by atoms with E-state index < -0.39 is 0 Å². The standard InChI is InChI=1S/C15H29/c1-5-6-7-8-13-9-11-14(12-10-13)15(2,3)4/h13-14H,1,5-12H2,2-4H3. The third kappa shape index (κ3) is 4.57. The SMILES string of the molecule is [CH2]CCCCC1CCC(C(C)(C)C)CC1. The zero-order valence-electron chi connectivity index (χ0n) is 11.0. The Kier molecular flexibility index (Phi) is 5.15. The van der Waals surface area contributed by atoms with Crippen molar-refractivity contribution < 1.29 is 0 Å². The maximum Gasteiger partial charge on any atom is -0.0354 e. The molecule has 0 atom stereocenters. The summed E-state index contributed by atoms with van der Waals surface area (Å²) >= 11 is 0. The molecular weight excluding hydrogens is 180 g/mol. The quantitative estimate of drug-likeness (QED) is 0.556. The lowest BCUT2D eigenvalue weighted by molar-refractivity contribution is 0.145. The predicted molar refractivity (Wildman–Crippen MR) is 68.7 cm³/mol. The van der Waals surface area contributed by atoms with Gasteiger partial charge in [-0.1, -0.05) is 66.2 Å². The minimum absolute atomic E-state index is 0.540. The van der Waals surface area contributed by atoms with Crippen LogP contribution in [0.1, 0.15) is 72.1 Å². The first-order valence-corrected chi connectivity index (χ1v) is 6.83. The molecule has 0 bridgehead atoms. The fraction of sp³-hybridized carbons (Fsp3) is 0.933. The zero-order chi connectivity index (χ0) is 11.3. The maximum absolute atomic E-state index is 3.91. The van der Waals surface area contributed by atoms with Crippen LogP contribution >= 0.6 is 0 Å². The molecule has 0 unspecified atom stereocenters. The van der Waals surface area contributed by atoms with E-state index in [0.717, 1.165) is 18.3 Å². The minimum atomic E-state index is 0.540. The molecule has 0 N–H and O–H groups in total. The van der Waals surface area contributed by atoms with Crippen LogP contribution < -0.4 is 0 Å². The summed E-state index contributed by atoms with van der Waals surface area (Å²) in [7, 11) is 0. The first kappa shape index (κ1) is 13.1. The number of unbranched alkanes of at least 4 members (excludes halogenated alkanes) is 2. The zero-order valence-corrected chi connectivity index (χ0v) is 11.0. The summed E-state index contributed by atoms with van der Waals surface area (Å²) in [4.78, 5) is 0. The lowest BCUT2D eigenvalue weighted by atomic mass is 9.69. The minimum Gasteiger partial charge on any atom is -0.0599 e. The first-order chi connectivity index (χ1) is 7.04. The van der Waals surface area contributed by atoms with Crippen LogP contribution in [-0.4, -0.2) is 0 Å². The van der Waals surface area contributed by atoms with Crippen molar-refractivity contribution in [2.24, 2.45) is 17.3 Å². The van der Waals surface area contributed by atoms with E-state index in [1.54, 1.807) is 0 Å². The van der Waals surface area contributed by atoms with Gasteiger partial charge >= 0.3 is 0 Å². The van der Waals surface area contributed by atoms with E-state index in [1.807, 2.05) is 0 Å².